The number of primary amides is 1. The van der Waals surface area contributed by atoms with Gasteiger partial charge in [-0.3, -0.25) is 4.79 Å². The first kappa shape index (κ1) is 13.4. The number of carbonyl (C=O) groups is 1. The van der Waals surface area contributed by atoms with Gasteiger partial charge in [-0.25, -0.2) is 0 Å². The third kappa shape index (κ3) is 4.08. The van der Waals surface area contributed by atoms with Gasteiger partial charge in [0.15, 0.2) is 0 Å². The van der Waals surface area contributed by atoms with Crippen molar-refractivity contribution >= 4 is 5.91 Å². The van der Waals surface area contributed by atoms with Crippen LogP contribution in [0.5, 0.6) is 0 Å². The van der Waals surface area contributed by atoms with E-state index in [1.54, 1.807) is 0 Å². The summed E-state index contributed by atoms with van der Waals surface area (Å²) in [5, 5.41) is 0. The fourth-order valence-electron chi connectivity index (χ4n) is 2.38. The number of nitrogens with zero attached hydrogens (tertiary/aromatic N) is 2. The van der Waals surface area contributed by atoms with E-state index in [4.69, 9.17) is 11.5 Å². The van der Waals surface area contributed by atoms with E-state index in [2.05, 4.69) is 16.8 Å². The summed E-state index contributed by atoms with van der Waals surface area (Å²) >= 11 is 0. The fraction of sp³-hybridized carbons (Fsp3) is 0.909. The molecule has 1 rings (SSSR count). The smallest absolute Gasteiger partial charge is 0.219 e. The molecule has 1 amide bonds. The second kappa shape index (κ2) is 6.18. The number of carbonyl (C=O) groups excluding carboxylic acids is 1. The highest BCUT2D eigenvalue weighted by molar-refractivity contribution is 5.74. The second-order valence-electron chi connectivity index (χ2n) is 4.92. The summed E-state index contributed by atoms with van der Waals surface area (Å²) in [5.41, 5.74) is 10.9. The zero-order valence-corrected chi connectivity index (χ0v) is 10.4. The highest BCUT2D eigenvalue weighted by Gasteiger charge is 2.24. The summed E-state index contributed by atoms with van der Waals surface area (Å²) < 4.78 is 0. The van der Waals surface area contributed by atoms with Gasteiger partial charge in [0.25, 0.3) is 0 Å². The lowest BCUT2D eigenvalue weighted by molar-refractivity contribution is -0.119. The van der Waals surface area contributed by atoms with Crippen LogP contribution in [-0.2, 0) is 4.79 Å². The van der Waals surface area contributed by atoms with Crippen molar-refractivity contribution in [3.8, 4) is 0 Å². The summed E-state index contributed by atoms with van der Waals surface area (Å²) in [6, 6.07) is 0.0865. The molecule has 0 spiro atoms. The Morgan fingerprint density at radius 1 is 1.62 bits per heavy atom. The summed E-state index contributed by atoms with van der Waals surface area (Å²) in [6.07, 6.45) is 1.59. The third-order valence-corrected chi connectivity index (χ3v) is 3.37. The van der Waals surface area contributed by atoms with Crippen LogP contribution in [0.4, 0.5) is 0 Å². The number of likely N-dealkylation sites (tertiary alicyclic amines) is 1. The zero-order chi connectivity index (χ0) is 12.1. The number of amides is 1. The quantitative estimate of drug-likeness (QED) is 0.616. The van der Waals surface area contributed by atoms with Crippen LogP contribution in [0.2, 0.25) is 0 Å². The molecule has 1 aliphatic rings. The van der Waals surface area contributed by atoms with E-state index in [0.717, 1.165) is 13.1 Å². The first-order valence-electron chi connectivity index (χ1n) is 5.90. The molecule has 0 aromatic rings. The van der Waals surface area contributed by atoms with Gasteiger partial charge in [0.05, 0.1) is 0 Å². The van der Waals surface area contributed by atoms with Gasteiger partial charge in [-0.15, -0.1) is 0 Å². The van der Waals surface area contributed by atoms with Crippen molar-refractivity contribution in [2.45, 2.75) is 18.9 Å². The molecule has 5 nitrogen and oxygen atoms in total. The number of rotatable bonds is 6. The molecule has 5 heteroatoms. The molecule has 1 aliphatic heterocycles. The molecule has 2 unspecified atom stereocenters. The molecule has 2 atom stereocenters. The maximum atomic E-state index is 10.9. The van der Waals surface area contributed by atoms with Gasteiger partial charge in [0.1, 0.15) is 0 Å². The van der Waals surface area contributed by atoms with Crippen molar-refractivity contribution in [1.82, 2.24) is 9.80 Å². The van der Waals surface area contributed by atoms with E-state index in [-0.39, 0.29) is 11.9 Å². The van der Waals surface area contributed by atoms with Gasteiger partial charge >= 0.3 is 0 Å². The lowest BCUT2D eigenvalue weighted by atomic mass is 10.1. The van der Waals surface area contributed by atoms with Crippen LogP contribution in [0, 0.1) is 5.92 Å². The summed E-state index contributed by atoms with van der Waals surface area (Å²) in [4.78, 5) is 15.4. The Hall–Kier alpha value is -0.650. The zero-order valence-electron chi connectivity index (χ0n) is 10.4. The topological polar surface area (TPSA) is 75.6 Å². The number of hydrogen-bond acceptors (Lipinski definition) is 4. The average Bonchev–Trinajstić information content (AvgIpc) is 2.60. The van der Waals surface area contributed by atoms with Gasteiger partial charge in [-0.05, 0) is 33.0 Å². The highest BCUT2D eigenvalue weighted by atomic mass is 16.1. The fourth-order valence-corrected chi connectivity index (χ4v) is 2.38. The Labute approximate surface area is 97.7 Å². The standard InChI is InChI=1S/C11H24N4O/c1-14-4-3-9(7-14)8-15(2)10(6-12)5-11(13)16/h9-10H,3-8,12H2,1-2H3,(H2,13,16). The van der Waals surface area contributed by atoms with Crippen LogP contribution in [0.25, 0.3) is 0 Å². The van der Waals surface area contributed by atoms with Crippen molar-refractivity contribution < 1.29 is 4.79 Å². The minimum atomic E-state index is -0.272. The molecule has 0 bridgehead atoms. The maximum absolute atomic E-state index is 10.9. The summed E-state index contributed by atoms with van der Waals surface area (Å²) in [5.74, 6) is 0.419. The largest absolute Gasteiger partial charge is 0.370 e. The van der Waals surface area contributed by atoms with Gasteiger partial charge in [-0.1, -0.05) is 0 Å². The lowest BCUT2D eigenvalue weighted by Crippen LogP contribution is -2.43. The summed E-state index contributed by atoms with van der Waals surface area (Å²) in [6.45, 7) is 3.79. The van der Waals surface area contributed by atoms with Crippen molar-refractivity contribution in [2.24, 2.45) is 17.4 Å². The molecular weight excluding hydrogens is 204 g/mol. The normalized spacial score (nSPS) is 23.9. The monoisotopic (exact) mass is 228 g/mol. The van der Waals surface area contributed by atoms with E-state index in [1.165, 1.54) is 13.0 Å². The number of likely N-dealkylation sites (N-methyl/N-ethyl adjacent to an activating group) is 1. The van der Waals surface area contributed by atoms with Crippen LogP contribution in [0.3, 0.4) is 0 Å². The van der Waals surface area contributed by atoms with E-state index in [9.17, 15) is 4.79 Å². The van der Waals surface area contributed by atoms with E-state index < -0.39 is 0 Å². The van der Waals surface area contributed by atoms with Crippen molar-refractivity contribution in [3.63, 3.8) is 0 Å². The van der Waals surface area contributed by atoms with Gasteiger partial charge < -0.3 is 21.3 Å². The molecule has 0 saturated carbocycles. The molecule has 94 valence electrons. The maximum Gasteiger partial charge on any atom is 0.219 e. The van der Waals surface area contributed by atoms with Crippen LogP contribution in [0.15, 0.2) is 0 Å². The first-order chi connectivity index (χ1) is 7.52. The SMILES string of the molecule is CN1CCC(CN(C)C(CN)CC(N)=O)C1. The van der Waals surface area contributed by atoms with Crippen molar-refractivity contribution in [3.05, 3.63) is 0 Å². The van der Waals surface area contributed by atoms with Crippen molar-refractivity contribution in [1.29, 1.82) is 0 Å². The van der Waals surface area contributed by atoms with E-state index in [0.29, 0.717) is 18.9 Å². The van der Waals surface area contributed by atoms with Crippen LogP contribution in [-0.4, -0.2) is 62.0 Å². The number of hydrogen-bond donors (Lipinski definition) is 2. The number of nitrogens with two attached hydrogens (primary N) is 2. The van der Waals surface area contributed by atoms with Crippen LogP contribution in [0.1, 0.15) is 12.8 Å². The Morgan fingerprint density at radius 2 is 2.31 bits per heavy atom. The molecule has 0 aromatic carbocycles. The minimum absolute atomic E-state index is 0.0865. The van der Waals surface area contributed by atoms with Crippen LogP contribution < -0.4 is 11.5 Å². The first-order valence-corrected chi connectivity index (χ1v) is 5.90. The Morgan fingerprint density at radius 3 is 2.75 bits per heavy atom. The van der Waals surface area contributed by atoms with Gasteiger partial charge in [-0.2, -0.15) is 0 Å². The Kier molecular flexibility index (Phi) is 5.18. The predicted molar refractivity (Wildman–Crippen MR) is 64.9 cm³/mol. The highest BCUT2D eigenvalue weighted by Crippen LogP contribution is 2.16. The van der Waals surface area contributed by atoms with Gasteiger partial charge in [0.2, 0.25) is 5.91 Å². The second-order valence-corrected chi connectivity index (χ2v) is 4.92. The Bertz CT molecular complexity index is 234. The molecule has 1 saturated heterocycles. The van der Waals surface area contributed by atoms with Crippen molar-refractivity contribution in [2.75, 3.05) is 40.3 Å². The van der Waals surface area contributed by atoms with E-state index in [1.807, 2.05) is 7.05 Å². The van der Waals surface area contributed by atoms with Crippen LogP contribution >= 0.6 is 0 Å². The minimum Gasteiger partial charge on any atom is -0.370 e. The molecule has 0 radical (unpaired) electrons. The lowest BCUT2D eigenvalue weighted by Gasteiger charge is -2.28. The molecule has 16 heavy (non-hydrogen) atoms. The molecule has 0 aromatic heterocycles. The molecular formula is C11H24N4O. The third-order valence-electron chi connectivity index (χ3n) is 3.37. The molecule has 0 aliphatic carbocycles. The average molecular weight is 228 g/mol. The molecule has 1 fully saturated rings. The predicted octanol–water partition coefficient (Wildman–Crippen LogP) is -0.927. The summed E-state index contributed by atoms with van der Waals surface area (Å²) in [7, 11) is 4.17. The van der Waals surface area contributed by atoms with Gasteiger partial charge in [0, 0.05) is 32.1 Å². The molecule has 4 N–H and O–H groups in total. The Balaban J connectivity index is 2.36. The molecule has 1 heterocycles. The van der Waals surface area contributed by atoms with E-state index >= 15 is 0 Å².